The second-order valence-electron chi connectivity index (χ2n) is 13.4. The number of Topliss-reactive ketones (excluding diaryl/α,β-unsaturated/α-hetero) is 1. The van der Waals surface area contributed by atoms with Crippen LogP contribution < -0.4 is 5.90 Å². The van der Waals surface area contributed by atoms with Gasteiger partial charge in [0.2, 0.25) is 0 Å². The minimum absolute atomic E-state index is 0.0768. The fourth-order valence-corrected chi connectivity index (χ4v) is 6.77. The number of ketones is 1. The lowest BCUT2D eigenvalue weighted by molar-refractivity contribution is -0.138. The van der Waals surface area contributed by atoms with Crippen molar-refractivity contribution in [2.24, 2.45) is 22.9 Å². The van der Waals surface area contributed by atoms with E-state index in [0.717, 1.165) is 50.4 Å². The van der Waals surface area contributed by atoms with Gasteiger partial charge in [0.15, 0.2) is 5.78 Å². The number of halogens is 9. The minimum atomic E-state index is -4.62. The van der Waals surface area contributed by atoms with E-state index in [1.165, 1.54) is 11.1 Å². The van der Waals surface area contributed by atoms with Crippen molar-refractivity contribution in [1.29, 1.82) is 0 Å². The van der Waals surface area contributed by atoms with Crippen LogP contribution >= 0.6 is 11.9 Å². The summed E-state index contributed by atoms with van der Waals surface area (Å²) in [6, 6.07) is 24.4. The van der Waals surface area contributed by atoms with E-state index in [4.69, 9.17) is 0 Å². The summed E-state index contributed by atoms with van der Waals surface area (Å²) in [7, 11) is 0. The number of nitrogens with two attached hydrogens (primary N) is 1. The van der Waals surface area contributed by atoms with Crippen molar-refractivity contribution in [3.8, 4) is 0 Å². The zero-order chi connectivity index (χ0) is 40.9. The molecule has 4 aromatic rings. The molecule has 56 heavy (non-hydrogen) atoms. The summed E-state index contributed by atoms with van der Waals surface area (Å²) in [5, 5.41) is 12.6. The Kier molecular flexibility index (Phi) is 16.4. The predicted octanol–water partition coefficient (Wildman–Crippen LogP) is 9.90. The monoisotopic (exact) mass is 812 g/mol. The summed E-state index contributed by atoms with van der Waals surface area (Å²) in [5.41, 5.74) is 0.0295. The molecule has 0 spiro atoms. The summed E-state index contributed by atoms with van der Waals surface area (Å²) in [6.07, 6.45) is -6.79. The lowest BCUT2D eigenvalue weighted by Crippen LogP contribution is -2.36. The van der Waals surface area contributed by atoms with Gasteiger partial charge in [-0.3, -0.25) is 14.6 Å². The Balaban J connectivity index is 0.000000233. The quantitative estimate of drug-likeness (QED) is 0.0606. The second kappa shape index (κ2) is 20.7. The number of likely N-dealkylation sites (tertiary alicyclic amines) is 2. The van der Waals surface area contributed by atoms with Gasteiger partial charge in [-0.25, -0.2) is 8.78 Å². The molecule has 4 aromatic carbocycles. The maximum Gasteiger partial charge on any atom is 0.416 e. The van der Waals surface area contributed by atoms with Gasteiger partial charge < -0.3 is 5.21 Å². The highest BCUT2D eigenvalue weighted by Gasteiger charge is 2.34. The number of hydrogen-bond acceptors (Lipinski definition) is 7. The lowest BCUT2D eigenvalue weighted by Gasteiger charge is -2.32. The molecule has 3 N–H and O–H groups in total. The molecule has 0 saturated carbocycles. The molecule has 6 rings (SSSR count). The number of carbonyl (C=O) groups excluding carboxylic acids is 1. The number of hydrogen-bond donors (Lipinski definition) is 2. The SMILES string of the molecule is NOCl.O/N=C(/c1ccc(C(F)(F)F)cc1F)C1CCN(Cc2ccccc2)CC1.O=C(c1ccc(C(F)(F)F)cc1F)C1CCN(Cc2ccccc2)CC1. The van der Waals surface area contributed by atoms with Crippen molar-refractivity contribution in [3.05, 3.63) is 142 Å². The maximum atomic E-state index is 14.2. The number of carbonyl (C=O) groups is 1. The van der Waals surface area contributed by atoms with E-state index in [0.29, 0.717) is 50.9 Å². The molecule has 2 aliphatic heterocycles. The summed E-state index contributed by atoms with van der Waals surface area (Å²) < 4.78 is 107. The Labute approximate surface area is 324 Å². The van der Waals surface area contributed by atoms with Crippen LogP contribution in [0, 0.1) is 23.5 Å². The first kappa shape index (κ1) is 44.3. The molecule has 2 fully saturated rings. The Morgan fingerprint density at radius 3 is 1.41 bits per heavy atom. The van der Waals surface area contributed by atoms with E-state index in [9.17, 15) is 45.1 Å². The Morgan fingerprint density at radius 2 is 1.05 bits per heavy atom. The van der Waals surface area contributed by atoms with Gasteiger partial charge in [-0.05, 0) is 99.4 Å². The molecule has 0 amide bonds. The summed E-state index contributed by atoms with van der Waals surface area (Å²) in [5.74, 6) is 1.03. The third-order valence-electron chi connectivity index (χ3n) is 9.67. The van der Waals surface area contributed by atoms with Crippen molar-refractivity contribution in [3.63, 3.8) is 0 Å². The third-order valence-corrected chi connectivity index (χ3v) is 9.67. The fraction of sp³-hybridized carbons (Fsp3) is 0.350. The molecule has 302 valence electrons. The first-order valence-electron chi connectivity index (χ1n) is 17.6. The van der Waals surface area contributed by atoms with Gasteiger partial charge in [0.05, 0.1) is 34.3 Å². The van der Waals surface area contributed by atoms with Gasteiger partial charge in [0, 0.05) is 30.5 Å². The molecule has 0 bridgehead atoms. The zero-order valence-corrected chi connectivity index (χ0v) is 30.8. The molecular formula is C40H41ClF8N4O3. The first-order valence-corrected chi connectivity index (χ1v) is 18.0. The van der Waals surface area contributed by atoms with Crippen LogP contribution in [0.25, 0.3) is 0 Å². The summed E-state index contributed by atoms with van der Waals surface area (Å²) in [6.45, 7) is 4.47. The van der Waals surface area contributed by atoms with Gasteiger partial charge in [-0.1, -0.05) is 65.8 Å². The molecule has 0 aliphatic carbocycles. The van der Waals surface area contributed by atoms with Gasteiger partial charge in [-0.2, -0.15) is 36.6 Å². The maximum absolute atomic E-state index is 14.2. The smallest absolute Gasteiger partial charge is 0.411 e. The van der Waals surface area contributed by atoms with Crippen LogP contribution in [0.3, 0.4) is 0 Å². The number of piperidine rings is 2. The van der Waals surface area contributed by atoms with E-state index < -0.39 is 40.9 Å². The van der Waals surface area contributed by atoms with Gasteiger partial charge >= 0.3 is 12.4 Å². The highest BCUT2D eigenvalue weighted by Crippen LogP contribution is 2.33. The molecule has 2 aliphatic rings. The molecule has 7 nitrogen and oxygen atoms in total. The number of benzene rings is 4. The minimum Gasteiger partial charge on any atom is -0.411 e. The molecule has 2 heterocycles. The molecule has 16 heteroatoms. The molecule has 0 atom stereocenters. The second-order valence-corrected chi connectivity index (χ2v) is 13.6. The third kappa shape index (κ3) is 12.8. The highest BCUT2D eigenvalue weighted by atomic mass is 35.5. The van der Waals surface area contributed by atoms with Crippen LogP contribution in [0.2, 0.25) is 0 Å². The Bertz CT molecular complexity index is 1870. The number of oxime groups is 1. The van der Waals surface area contributed by atoms with E-state index in [-0.39, 0.29) is 28.7 Å². The number of nitrogens with zero attached hydrogens (tertiary/aromatic N) is 3. The van der Waals surface area contributed by atoms with E-state index in [1.54, 1.807) is 0 Å². The van der Waals surface area contributed by atoms with E-state index >= 15 is 0 Å². The Hall–Kier alpha value is -4.41. The van der Waals surface area contributed by atoms with Crippen molar-refractivity contribution in [2.75, 3.05) is 26.2 Å². The van der Waals surface area contributed by atoms with Crippen molar-refractivity contribution < 1.29 is 49.5 Å². The average Bonchev–Trinajstić information content (AvgIpc) is 3.17. The molecular weight excluding hydrogens is 772 g/mol. The first-order chi connectivity index (χ1) is 26.6. The van der Waals surface area contributed by atoms with Crippen molar-refractivity contribution in [2.45, 2.75) is 51.1 Å². The van der Waals surface area contributed by atoms with Crippen molar-refractivity contribution >= 4 is 23.4 Å². The van der Waals surface area contributed by atoms with Crippen LogP contribution in [-0.4, -0.2) is 52.7 Å². The van der Waals surface area contributed by atoms with Crippen LogP contribution in [-0.2, 0) is 29.8 Å². The largest absolute Gasteiger partial charge is 0.416 e. The Morgan fingerprint density at radius 1 is 0.679 bits per heavy atom. The molecule has 2 saturated heterocycles. The standard InChI is InChI=1S/C20H20F4N2O.C20H19F4NO.ClH2NO/c21-18-12-16(20(22,23)24)6-7-17(18)19(25-27)15-8-10-26(11-9-15)13-14-4-2-1-3-5-14;21-18-12-16(20(22,23)24)6-7-17(18)19(26)15-8-10-25(11-9-15)13-14-4-2-1-3-5-14;1-3-2/h1-7,12,15,27H,8-11,13H2;1-7,12,15H,8-11,13H2;2H2/b25-19+;;. The van der Waals surface area contributed by atoms with E-state index in [1.807, 2.05) is 60.7 Å². The normalized spacial score (nSPS) is 16.4. The van der Waals surface area contributed by atoms with Crippen LogP contribution in [0.15, 0.2) is 102 Å². The zero-order valence-electron chi connectivity index (χ0n) is 30.0. The highest BCUT2D eigenvalue weighted by molar-refractivity contribution is 6.07. The van der Waals surface area contributed by atoms with E-state index in [2.05, 4.69) is 37.1 Å². The van der Waals surface area contributed by atoms with Crippen LogP contribution in [0.5, 0.6) is 0 Å². The van der Waals surface area contributed by atoms with Crippen molar-refractivity contribution in [1.82, 2.24) is 9.80 Å². The molecule has 0 unspecified atom stereocenters. The predicted molar refractivity (Wildman–Crippen MR) is 195 cm³/mol. The van der Waals surface area contributed by atoms with Gasteiger partial charge in [0.25, 0.3) is 0 Å². The van der Waals surface area contributed by atoms with Gasteiger partial charge in [0.1, 0.15) is 11.6 Å². The molecule has 0 aromatic heterocycles. The van der Waals surface area contributed by atoms with Crippen LogP contribution in [0.1, 0.15) is 63.9 Å². The van der Waals surface area contributed by atoms with Crippen LogP contribution in [0.4, 0.5) is 35.1 Å². The lowest BCUT2D eigenvalue weighted by atomic mass is 9.87. The number of alkyl halides is 6. The summed E-state index contributed by atoms with van der Waals surface area (Å²) >= 11 is 4.28. The number of rotatable bonds is 8. The topological polar surface area (TPSA) is 91.4 Å². The molecule has 0 radical (unpaired) electrons. The fourth-order valence-electron chi connectivity index (χ4n) is 6.77. The average molecular weight is 813 g/mol. The summed E-state index contributed by atoms with van der Waals surface area (Å²) in [4.78, 5) is 17.0. The van der Waals surface area contributed by atoms with Gasteiger partial charge in [-0.15, -0.1) is 0 Å².